The molecule has 1 aliphatic heterocycles. The van der Waals surface area contributed by atoms with Crippen molar-refractivity contribution in [3.8, 4) is 11.5 Å². The lowest BCUT2D eigenvalue weighted by molar-refractivity contribution is -0.143. The topological polar surface area (TPSA) is 82.1 Å². The zero-order chi connectivity index (χ0) is 18.6. The van der Waals surface area contributed by atoms with Gasteiger partial charge in [0.2, 0.25) is 0 Å². The monoisotopic (exact) mass is 477 g/mol. The first-order valence-electron chi connectivity index (χ1n) is 7.23. The second-order valence-corrected chi connectivity index (χ2v) is 6.97. The quantitative estimate of drug-likeness (QED) is 0.354. The Kier molecular flexibility index (Phi) is 6.71. The maximum absolute atomic E-state index is 12.3. The molecule has 1 saturated heterocycles. The summed E-state index contributed by atoms with van der Waals surface area (Å²) in [5.41, 5.74) is 0.688. The normalized spacial score (nSPS) is 15.7. The number of carbonyl (C=O) groups is 3. The molecule has 1 aliphatic rings. The highest BCUT2D eigenvalue weighted by atomic mass is 127. The van der Waals surface area contributed by atoms with E-state index in [4.69, 9.17) is 9.47 Å². The smallest absolute Gasteiger partial charge is 0.325 e. The van der Waals surface area contributed by atoms with Gasteiger partial charge in [0.1, 0.15) is 6.54 Å². The van der Waals surface area contributed by atoms with Crippen molar-refractivity contribution in [1.82, 2.24) is 4.90 Å². The molecule has 0 unspecified atom stereocenters. The van der Waals surface area contributed by atoms with Gasteiger partial charge in [0.05, 0.1) is 29.3 Å². The zero-order valence-corrected chi connectivity index (χ0v) is 16.8. The molecule has 0 aliphatic carbocycles. The third-order valence-electron chi connectivity index (χ3n) is 3.23. The minimum atomic E-state index is -0.652. The summed E-state index contributed by atoms with van der Waals surface area (Å²) in [6.07, 6.45) is 1.59. The fourth-order valence-corrected chi connectivity index (χ4v) is 3.71. The first kappa shape index (κ1) is 19.6. The van der Waals surface area contributed by atoms with E-state index in [9.17, 15) is 14.4 Å². The molecule has 7 nitrogen and oxygen atoms in total. The van der Waals surface area contributed by atoms with Crippen molar-refractivity contribution < 1.29 is 28.6 Å². The van der Waals surface area contributed by atoms with Gasteiger partial charge in [-0.25, -0.2) is 0 Å². The van der Waals surface area contributed by atoms with Crippen LogP contribution in [0, 0.1) is 3.57 Å². The molecule has 0 radical (unpaired) electrons. The number of halogens is 1. The summed E-state index contributed by atoms with van der Waals surface area (Å²) < 4.78 is 16.2. The van der Waals surface area contributed by atoms with Crippen molar-refractivity contribution in [2.75, 3.05) is 27.4 Å². The lowest BCUT2D eigenvalue weighted by Gasteiger charge is -2.12. The molecule has 1 fully saturated rings. The molecule has 1 heterocycles. The van der Waals surface area contributed by atoms with E-state index in [1.807, 2.05) is 13.0 Å². The molecule has 25 heavy (non-hydrogen) atoms. The number of imide groups is 1. The van der Waals surface area contributed by atoms with E-state index < -0.39 is 23.7 Å². The largest absolute Gasteiger partial charge is 0.493 e. The Labute approximate surface area is 162 Å². The highest BCUT2D eigenvalue weighted by Crippen LogP contribution is 2.37. The van der Waals surface area contributed by atoms with Gasteiger partial charge in [-0.1, -0.05) is 0 Å². The predicted octanol–water partition coefficient (Wildman–Crippen LogP) is 2.91. The van der Waals surface area contributed by atoms with Gasteiger partial charge in [0, 0.05) is 0 Å². The maximum atomic E-state index is 12.3. The van der Waals surface area contributed by atoms with E-state index in [0.717, 1.165) is 20.2 Å². The lowest BCUT2D eigenvalue weighted by atomic mass is 10.2. The molecule has 0 atom stereocenters. The number of hydrogen-bond donors (Lipinski definition) is 0. The molecule has 9 heteroatoms. The second-order valence-electron chi connectivity index (χ2n) is 4.81. The van der Waals surface area contributed by atoms with Crippen LogP contribution in [0.4, 0.5) is 4.79 Å². The van der Waals surface area contributed by atoms with Crippen molar-refractivity contribution >= 4 is 57.5 Å². The van der Waals surface area contributed by atoms with Gasteiger partial charge >= 0.3 is 5.97 Å². The Bertz CT molecular complexity index is 748. The first-order chi connectivity index (χ1) is 11.9. The summed E-state index contributed by atoms with van der Waals surface area (Å²) in [4.78, 5) is 36.7. The third-order valence-corrected chi connectivity index (χ3v) is 4.94. The predicted molar refractivity (Wildman–Crippen MR) is 102 cm³/mol. The van der Waals surface area contributed by atoms with E-state index in [0.29, 0.717) is 23.7 Å². The number of thioether (sulfide) groups is 1. The number of rotatable bonds is 6. The number of benzene rings is 1. The number of carbonyl (C=O) groups excluding carboxylic acids is 3. The number of methoxy groups -OCH3 is 2. The molecular weight excluding hydrogens is 461 g/mol. The van der Waals surface area contributed by atoms with Crippen LogP contribution in [0.15, 0.2) is 17.0 Å². The van der Waals surface area contributed by atoms with Crippen molar-refractivity contribution in [1.29, 1.82) is 0 Å². The fourth-order valence-electron chi connectivity index (χ4n) is 2.09. The van der Waals surface area contributed by atoms with Crippen LogP contribution < -0.4 is 9.47 Å². The van der Waals surface area contributed by atoms with Crippen molar-refractivity contribution in [2.45, 2.75) is 6.92 Å². The SMILES string of the molecule is CCOc1c(I)cc(/C=C2/SC(=O)N(CC(=O)OC)C2=O)cc1OC. The third kappa shape index (κ3) is 4.46. The number of nitrogens with zero attached hydrogens (tertiary/aromatic N) is 1. The first-order valence-corrected chi connectivity index (χ1v) is 9.13. The van der Waals surface area contributed by atoms with Gasteiger partial charge in [0.25, 0.3) is 11.1 Å². The molecule has 1 aromatic carbocycles. The fraction of sp³-hybridized carbons (Fsp3) is 0.312. The van der Waals surface area contributed by atoms with Crippen molar-refractivity contribution in [3.05, 3.63) is 26.2 Å². The summed E-state index contributed by atoms with van der Waals surface area (Å²) in [7, 11) is 2.73. The Balaban J connectivity index is 2.31. The molecular formula is C16H16INO6S. The van der Waals surface area contributed by atoms with Gasteiger partial charge < -0.3 is 14.2 Å². The molecule has 134 valence electrons. The molecule has 0 N–H and O–H groups in total. The van der Waals surface area contributed by atoms with E-state index in [2.05, 4.69) is 27.3 Å². The van der Waals surface area contributed by atoms with Gasteiger partial charge in [0.15, 0.2) is 11.5 Å². The van der Waals surface area contributed by atoms with Crippen LogP contribution in [0.25, 0.3) is 6.08 Å². The Morgan fingerprint density at radius 3 is 2.64 bits per heavy atom. The average Bonchev–Trinajstić information content (AvgIpc) is 2.84. The van der Waals surface area contributed by atoms with Gasteiger partial charge in [-0.15, -0.1) is 0 Å². The van der Waals surface area contributed by atoms with Gasteiger partial charge in [-0.2, -0.15) is 0 Å². The van der Waals surface area contributed by atoms with Crippen molar-refractivity contribution in [2.24, 2.45) is 0 Å². The highest BCUT2D eigenvalue weighted by molar-refractivity contribution is 14.1. The minimum Gasteiger partial charge on any atom is -0.493 e. The standard InChI is InChI=1S/C16H16INO6S/c1-4-24-14-10(17)5-9(6-11(14)22-2)7-12-15(20)18(16(21)25-12)8-13(19)23-3/h5-7H,4,8H2,1-3H3/b12-7+. The average molecular weight is 477 g/mol. The Morgan fingerprint density at radius 2 is 2.04 bits per heavy atom. The maximum Gasteiger partial charge on any atom is 0.325 e. The molecule has 2 amide bonds. The second kappa shape index (κ2) is 8.56. The van der Waals surface area contributed by atoms with E-state index >= 15 is 0 Å². The summed E-state index contributed by atoms with van der Waals surface area (Å²) >= 11 is 2.89. The molecule has 2 rings (SSSR count). The molecule has 0 aromatic heterocycles. The van der Waals surface area contributed by atoms with Crippen LogP contribution >= 0.6 is 34.4 Å². The van der Waals surface area contributed by atoms with Crippen LogP contribution in [0.3, 0.4) is 0 Å². The minimum absolute atomic E-state index is 0.232. The van der Waals surface area contributed by atoms with Crippen LogP contribution in [0.5, 0.6) is 11.5 Å². The molecule has 0 bridgehead atoms. The van der Waals surface area contributed by atoms with Gasteiger partial charge in [-0.05, 0) is 65.0 Å². The summed E-state index contributed by atoms with van der Waals surface area (Å²) in [5, 5.41) is -0.505. The van der Waals surface area contributed by atoms with Crippen molar-refractivity contribution in [3.63, 3.8) is 0 Å². The van der Waals surface area contributed by atoms with Crippen LogP contribution in [-0.4, -0.2) is 49.4 Å². The van der Waals surface area contributed by atoms with E-state index in [-0.39, 0.29) is 4.91 Å². The van der Waals surface area contributed by atoms with Crippen LogP contribution in [0.1, 0.15) is 12.5 Å². The Hall–Kier alpha value is -1.75. The number of amides is 2. The summed E-state index contributed by atoms with van der Waals surface area (Å²) in [6.45, 7) is 1.97. The molecule has 0 saturated carbocycles. The molecule has 1 aromatic rings. The molecule has 0 spiro atoms. The number of hydrogen-bond acceptors (Lipinski definition) is 7. The summed E-state index contributed by atoms with van der Waals surface area (Å²) in [5.74, 6) is -0.0144. The van der Waals surface area contributed by atoms with E-state index in [1.54, 1.807) is 12.1 Å². The highest BCUT2D eigenvalue weighted by Gasteiger charge is 2.36. The Morgan fingerprint density at radius 1 is 1.32 bits per heavy atom. The van der Waals surface area contributed by atoms with E-state index in [1.165, 1.54) is 14.2 Å². The van der Waals surface area contributed by atoms with Crippen LogP contribution in [0.2, 0.25) is 0 Å². The summed E-state index contributed by atoms with van der Waals surface area (Å²) in [6, 6.07) is 3.55. The number of esters is 1. The van der Waals surface area contributed by atoms with Gasteiger partial charge in [-0.3, -0.25) is 19.3 Å². The zero-order valence-electron chi connectivity index (χ0n) is 13.8. The lowest BCUT2D eigenvalue weighted by Crippen LogP contribution is -2.34. The van der Waals surface area contributed by atoms with Crippen LogP contribution in [-0.2, 0) is 14.3 Å². The number of ether oxygens (including phenoxy) is 3.